The predicted octanol–water partition coefficient (Wildman–Crippen LogP) is 2.60. The molecular weight excluding hydrogens is 214 g/mol. The fourth-order valence-electron chi connectivity index (χ4n) is 1.25. The minimum absolute atomic E-state index is 0.0426. The van der Waals surface area contributed by atoms with Gasteiger partial charge in [-0.1, -0.05) is 18.1 Å². The number of benzene rings is 1. The molecule has 1 N–H and O–H groups in total. The van der Waals surface area contributed by atoms with Gasteiger partial charge < -0.3 is 10.1 Å². The van der Waals surface area contributed by atoms with E-state index in [1.165, 1.54) is 0 Å². The Morgan fingerprint density at radius 3 is 3.12 bits per heavy atom. The van der Waals surface area contributed by atoms with Crippen LogP contribution in [0.2, 0.25) is 0 Å². The Morgan fingerprint density at radius 1 is 1.59 bits per heavy atom. The van der Waals surface area contributed by atoms with Crippen LogP contribution in [0.3, 0.4) is 0 Å². The van der Waals surface area contributed by atoms with Crippen LogP contribution in [0.15, 0.2) is 36.9 Å². The molecule has 0 fully saturated rings. The Balaban J connectivity index is 2.56. The highest BCUT2D eigenvalue weighted by atomic mass is 16.5. The summed E-state index contributed by atoms with van der Waals surface area (Å²) >= 11 is 0. The van der Waals surface area contributed by atoms with Gasteiger partial charge in [0.25, 0.3) is 0 Å². The van der Waals surface area contributed by atoms with Crippen LogP contribution >= 0.6 is 0 Å². The van der Waals surface area contributed by atoms with Crippen LogP contribution in [0.1, 0.15) is 12.8 Å². The minimum atomic E-state index is -0.0426. The molecule has 88 valence electrons. The molecule has 0 saturated heterocycles. The van der Waals surface area contributed by atoms with E-state index in [4.69, 9.17) is 11.2 Å². The van der Waals surface area contributed by atoms with Crippen molar-refractivity contribution < 1.29 is 9.53 Å². The number of hydrogen-bond donors (Lipinski definition) is 1. The van der Waals surface area contributed by atoms with Crippen molar-refractivity contribution in [1.29, 1.82) is 0 Å². The second-order valence-corrected chi connectivity index (χ2v) is 3.40. The van der Waals surface area contributed by atoms with E-state index in [2.05, 4.69) is 17.8 Å². The monoisotopic (exact) mass is 229 g/mol. The fourth-order valence-corrected chi connectivity index (χ4v) is 1.25. The van der Waals surface area contributed by atoms with E-state index in [-0.39, 0.29) is 12.5 Å². The van der Waals surface area contributed by atoms with Crippen LogP contribution in [0.4, 0.5) is 5.69 Å². The molecule has 3 heteroatoms. The van der Waals surface area contributed by atoms with Crippen molar-refractivity contribution in [2.24, 2.45) is 0 Å². The molecular formula is C14H15NO2. The highest BCUT2D eigenvalue weighted by Crippen LogP contribution is 2.17. The number of rotatable bonds is 6. The van der Waals surface area contributed by atoms with Crippen molar-refractivity contribution in [2.75, 3.05) is 11.9 Å². The molecule has 0 aliphatic rings. The second-order valence-electron chi connectivity index (χ2n) is 3.40. The van der Waals surface area contributed by atoms with E-state index in [9.17, 15) is 4.79 Å². The first kappa shape index (κ1) is 12.9. The maximum absolute atomic E-state index is 11.5. The van der Waals surface area contributed by atoms with E-state index < -0.39 is 0 Å². The summed E-state index contributed by atoms with van der Waals surface area (Å²) < 4.78 is 5.25. The van der Waals surface area contributed by atoms with Crippen LogP contribution in [0.25, 0.3) is 0 Å². The van der Waals surface area contributed by atoms with Gasteiger partial charge in [0.2, 0.25) is 5.91 Å². The highest BCUT2D eigenvalue weighted by molar-refractivity contribution is 5.90. The lowest BCUT2D eigenvalue weighted by atomic mass is 10.2. The number of terminal acetylenes is 1. The molecule has 17 heavy (non-hydrogen) atoms. The zero-order valence-corrected chi connectivity index (χ0v) is 9.61. The molecule has 0 bridgehead atoms. The summed E-state index contributed by atoms with van der Waals surface area (Å²) in [6, 6.07) is 7.13. The summed E-state index contributed by atoms with van der Waals surface area (Å²) in [7, 11) is 0. The van der Waals surface area contributed by atoms with Gasteiger partial charge in [-0.2, -0.15) is 0 Å². The van der Waals surface area contributed by atoms with E-state index in [1.54, 1.807) is 30.3 Å². The van der Waals surface area contributed by atoms with Crippen LogP contribution in [0, 0.1) is 12.3 Å². The molecule has 1 aromatic carbocycles. The molecule has 0 aliphatic carbocycles. The van der Waals surface area contributed by atoms with E-state index in [1.807, 2.05) is 0 Å². The molecule has 0 unspecified atom stereocenters. The first-order valence-electron chi connectivity index (χ1n) is 5.33. The molecule has 1 amide bonds. The van der Waals surface area contributed by atoms with Gasteiger partial charge in [0.15, 0.2) is 0 Å². The molecule has 1 rings (SSSR count). The van der Waals surface area contributed by atoms with Crippen LogP contribution in [-0.2, 0) is 4.79 Å². The lowest BCUT2D eigenvalue weighted by Crippen LogP contribution is -2.10. The van der Waals surface area contributed by atoms with Crippen LogP contribution in [-0.4, -0.2) is 12.5 Å². The number of ether oxygens (including phenoxy) is 1. The molecule has 0 saturated carbocycles. The van der Waals surface area contributed by atoms with Gasteiger partial charge in [-0.25, -0.2) is 0 Å². The second kappa shape index (κ2) is 7.13. The van der Waals surface area contributed by atoms with Gasteiger partial charge in [-0.3, -0.25) is 4.79 Å². The van der Waals surface area contributed by atoms with Gasteiger partial charge in [0, 0.05) is 18.2 Å². The first-order valence-corrected chi connectivity index (χ1v) is 5.33. The molecule has 0 aliphatic heterocycles. The van der Waals surface area contributed by atoms with Crippen molar-refractivity contribution in [3.05, 3.63) is 36.9 Å². The number of carbonyl (C=O) groups is 1. The average molecular weight is 229 g/mol. The summed E-state index contributed by atoms with van der Waals surface area (Å²) in [6.45, 7) is 3.78. The maximum atomic E-state index is 11.5. The molecule has 3 nitrogen and oxygen atoms in total. The van der Waals surface area contributed by atoms with Crippen LogP contribution in [0.5, 0.6) is 5.75 Å². The summed E-state index contributed by atoms with van der Waals surface area (Å²) in [5.41, 5.74) is 0.702. The lowest BCUT2D eigenvalue weighted by Gasteiger charge is -2.07. The third-order valence-corrected chi connectivity index (χ3v) is 2.02. The van der Waals surface area contributed by atoms with Gasteiger partial charge in [-0.05, 0) is 18.6 Å². The number of amides is 1. The Bertz CT molecular complexity index is 432. The summed E-state index contributed by atoms with van der Waals surface area (Å²) in [5.74, 6) is 2.98. The lowest BCUT2D eigenvalue weighted by molar-refractivity contribution is -0.116. The minimum Gasteiger partial charge on any atom is -0.481 e. The summed E-state index contributed by atoms with van der Waals surface area (Å²) in [5, 5.41) is 2.78. The van der Waals surface area contributed by atoms with Gasteiger partial charge in [0.05, 0.1) is 0 Å². The first-order chi connectivity index (χ1) is 8.26. The molecule has 0 radical (unpaired) electrons. The quantitative estimate of drug-likeness (QED) is 0.601. The van der Waals surface area contributed by atoms with Crippen molar-refractivity contribution in [2.45, 2.75) is 12.8 Å². The summed E-state index contributed by atoms with van der Waals surface area (Å²) in [6.07, 6.45) is 7.91. The number of anilines is 1. The number of hydrogen-bond acceptors (Lipinski definition) is 2. The third kappa shape index (κ3) is 4.89. The topological polar surface area (TPSA) is 38.3 Å². The zero-order valence-electron chi connectivity index (χ0n) is 9.61. The Labute approximate surface area is 101 Å². The standard InChI is InChI=1S/C14H15NO2/c1-3-5-9-14(16)15-12-7-6-8-13(11-12)17-10-4-2/h2-3,6-8,11H,1,5,9-10H2,(H,15,16). The predicted molar refractivity (Wildman–Crippen MR) is 68.8 cm³/mol. The Morgan fingerprint density at radius 2 is 2.41 bits per heavy atom. The Kier molecular flexibility index (Phi) is 5.39. The van der Waals surface area contributed by atoms with Gasteiger partial charge in [-0.15, -0.1) is 13.0 Å². The molecule has 0 spiro atoms. The average Bonchev–Trinajstić information content (AvgIpc) is 2.34. The van der Waals surface area contributed by atoms with Crippen molar-refractivity contribution in [3.63, 3.8) is 0 Å². The van der Waals surface area contributed by atoms with Gasteiger partial charge in [0.1, 0.15) is 12.4 Å². The van der Waals surface area contributed by atoms with Crippen molar-refractivity contribution >= 4 is 11.6 Å². The highest BCUT2D eigenvalue weighted by Gasteiger charge is 2.01. The SMILES string of the molecule is C#CCOc1cccc(NC(=O)CCC=C)c1. The Hall–Kier alpha value is -2.21. The molecule has 1 aromatic rings. The van der Waals surface area contributed by atoms with E-state index in [0.717, 1.165) is 0 Å². The molecule has 0 atom stereocenters. The number of nitrogens with one attached hydrogen (secondary N) is 1. The van der Waals surface area contributed by atoms with Crippen LogP contribution < -0.4 is 10.1 Å². The maximum Gasteiger partial charge on any atom is 0.224 e. The molecule has 0 aromatic heterocycles. The van der Waals surface area contributed by atoms with Crippen molar-refractivity contribution in [1.82, 2.24) is 0 Å². The smallest absolute Gasteiger partial charge is 0.224 e. The number of carbonyl (C=O) groups excluding carboxylic acids is 1. The normalized spacial score (nSPS) is 9.12. The fraction of sp³-hybridized carbons (Fsp3) is 0.214. The largest absolute Gasteiger partial charge is 0.481 e. The van der Waals surface area contributed by atoms with E-state index >= 15 is 0 Å². The molecule has 0 heterocycles. The zero-order chi connectivity index (χ0) is 12.5. The van der Waals surface area contributed by atoms with Crippen molar-refractivity contribution in [3.8, 4) is 18.1 Å². The number of allylic oxidation sites excluding steroid dienone is 1. The van der Waals surface area contributed by atoms with E-state index in [0.29, 0.717) is 24.3 Å². The summed E-state index contributed by atoms with van der Waals surface area (Å²) in [4.78, 5) is 11.5. The van der Waals surface area contributed by atoms with Gasteiger partial charge >= 0.3 is 0 Å². The third-order valence-electron chi connectivity index (χ3n) is 2.02.